The summed E-state index contributed by atoms with van der Waals surface area (Å²) < 4.78 is 5.05. The summed E-state index contributed by atoms with van der Waals surface area (Å²) in [5, 5.41) is 0.0891. The minimum absolute atomic E-state index is 0.0891. The van der Waals surface area contributed by atoms with Crippen LogP contribution in [-0.4, -0.2) is 11.5 Å². The standard InChI is InChI=1S/C6H12ClO/c1-4-8-6(3)5(2)7/h4-6H,1-3H3. The smallest absolute Gasteiger partial charge is 0.0810 e. The fraction of sp³-hybridized carbons (Fsp3) is 0.833. The molecule has 0 saturated heterocycles. The van der Waals surface area contributed by atoms with Gasteiger partial charge in [0.1, 0.15) is 0 Å². The van der Waals surface area contributed by atoms with Crippen molar-refractivity contribution in [2.45, 2.75) is 32.3 Å². The van der Waals surface area contributed by atoms with E-state index in [2.05, 4.69) is 0 Å². The lowest BCUT2D eigenvalue weighted by Crippen LogP contribution is -2.15. The van der Waals surface area contributed by atoms with E-state index in [4.69, 9.17) is 16.3 Å². The molecule has 2 unspecified atom stereocenters. The highest BCUT2D eigenvalue weighted by Crippen LogP contribution is 2.05. The molecule has 8 heavy (non-hydrogen) atoms. The van der Waals surface area contributed by atoms with Crippen molar-refractivity contribution in [2.24, 2.45) is 0 Å². The van der Waals surface area contributed by atoms with Gasteiger partial charge in [0.15, 0.2) is 0 Å². The van der Waals surface area contributed by atoms with E-state index in [9.17, 15) is 0 Å². The highest BCUT2D eigenvalue weighted by Gasteiger charge is 2.06. The molecule has 1 nitrogen and oxygen atoms in total. The van der Waals surface area contributed by atoms with Crippen molar-refractivity contribution < 1.29 is 4.74 Å². The third kappa shape index (κ3) is 3.28. The number of alkyl halides is 1. The van der Waals surface area contributed by atoms with Crippen LogP contribution in [0.3, 0.4) is 0 Å². The monoisotopic (exact) mass is 135 g/mol. The van der Waals surface area contributed by atoms with Crippen LogP contribution < -0.4 is 0 Å². The van der Waals surface area contributed by atoms with E-state index < -0.39 is 0 Å². The predicted molar refractivity (Wildman–Crippen MR) is 35.8 cm³/mol. The summed E-state index contributed by atoms with van der Waals surface area (Å²) in [6.45, 7) is 7.35. The molecular weight excluding hydrogens is 124 g/mol. The van der Waals surface area contributed by atoms with Crippen LogP contribution in [0.25, 0.3) is 0 Å². The Morgan fingerprint density at radius 2 is 2.00 bits per heavy atom. The zero-order chi connectivity index (χ0) is 6.57. The summed E-state index contributed by atoms with van der Waals surface area (Å²) in [6.07, 6.45) is 0.127. The number of halogens is 1. The summed E-state index contributed by atoms with van der Waals surface area (Å²) in [5.41, 5.74) is 0. The first-order valence-corrected chi connectivity index (χ1v) is 3.19. The Bertz CT molecular complexity index is 54.5. The quantitative estimate of drug-likeness (QED) is 0.539. The van der Waals surface area contributed by atoms with E-state index in [1.165, 1.54) is 0 Å². The minimum atomic E-state index is 0.0891. The second-order valence-corrected chi connectivity index (χ2v) is 2.44. The first kappa shape index (κ1) is 8.25. The van der Waals surface area contributed by atoms with Crippen LogP contribution >= 0.6 is 11.6 Å². The van der Waals surface area contributed by atoms with Crippen LogP contribution in [0.15, 0.2) is 0 Å². The normalized spacial score (nSPS) is 18.0. The molecule has 0 spiro atoms. The van der Waals surface area contributed by atoms with Crippen LogP contribution in [0, 0.1) is 6.61 Å². The van der Waals surface area contributed by atoms with Gasteiger partial charge in [0.25, 0.3) is 0 Å². The lowest BCUT2D eigenvalue weighted by atomic mass is 10.3. The molecule has 0 saturated carbocycles. The van der Waals surface area contributed by atoms with Gasteiger partial charge >= 0.3 is 0 Å². The maximum atomic E-state index is 5.66. The highest BCUT2D eigenvalue weighted by molar-refractivity contribution is 6.20. The predicted octanol–water partition coefficient (Wildman–Crippen LogP) is 2.20. The lowest BCUT2D eigenvalue weighted by Gasteiger charge is -2.11. The third-order valence-corrected chi connectivity index (χ3v) is 1.35. The summed E-state index contributed by atoms with van der Waals surface area (Å²) in [5.74, 6) is 0. The largest absolute Gasteiger partial charge is 0.371 e. The average Bonchev–Trinajstić information content (AvgIpc) is 1.67. The molecule has 0 aliphatic carbocycles. The van der Waals surface area contributed by atoms with E-state index >= 15 is 0 Å². The molecule has 0 aliphatic rings. The van der Waals surface area contributed by atoms with Crippen LogP contribution in [0.2, 0.25) is 0 Å². The molecule has 0 aromatic carbocycles. The van der Waals surface area contributed by atoms with Crippen LogP contribution in [0.5, 0.6) is 0 Å². The Hall–Kier alpha value is 0.250. The third-order valence-electron chi connectivity index (χ3n) is 0.998. The van der Waals surface area contributed by atoms with Crippen molar-refractivity contribution in [3.63, 3.8) is 0 Å². The van der Waals surface area contributed by atoms with Gasteiger partial charge in [0.2, 0.25) is 0 Å². The molecule has 0 aliphatic heterocycles. The number of hydrogen-bond donors (Lipinski definition) is 0. The van der Waals surface area contributed by atoms with Gasteiger partial charge in [-0.1, -0.05) is 0 Å². The Morgan fingerprint density at radius 3 is 2.12 bits per heavy atom. The zero-order valence-electron chi connectivity index (χ0n) is 5.52. The molecule has 0 fully saturated rings. The number of rotatable bonds is 3. The first-order valence-electron chi connectivity index (χ1n) is 2.76. The molecule has 49 valence electrons. The van der Waals surface area contributed by atoms with Crippen LogP contribution in [0.1, 0.15) is 20.8 Å². The molecular formula is C6H12ClO. The Labute approximate surface area is 56.0 Å². The van der Waals surface area contributed by atoms with Crippen molar-refractivity contribution in [3.05, 3.63) is 6.61 Å². The molecule has 1 radical (unpaired) electrons. The molecule has 0 rings (SSSR count). The van der Waals surface area contributed by atoms with Gasteiger partial charge in [-0.15, -0.1) is 11.6 Å². The van der Waals surface area contributed by atoms with Gasteiger partial charge in [0.05, 0.1) is 18.1 Å². The molecule has 0 heterocycles. The minimum Gasteiger partial charge on any atom is -0.371 e. The van der Waals surface area contributed by atoms with E-state index in [0.717, 1.165) is 0 Å². The first-order chi connectivity index (χ1) is 3.68. The fourth-order valence-electron chi connectivity index (χ4n) is 0.323. The van der Waals surface area contributed by atoms with Crippen molar-refractivity contribution in [2.75, 3.05) is 0 Å². The topological polar surface area (TPSA) is 9.23 Å². The summed E-state index contributed by atoms with van der Waals surface area (Å²) >= 11 is 5.66. The van der Waals surface area contributed by atoms with Crippen molar-refractivity contribution in [1.29, 1.82) is 0 Å². The SMILES string of the molecule is C[CH]OC(C)C(C)Cl. The van der Waals surface area contributed by atoms with E-state index in [-0.39, 0.29) is 11.5 Å². The maximum Gasteiger partial charge on any atom is 0.0810 e. The van der Waals surface area contributed by atoms with Gasteiger partial charge in [-0.05, 0) is 20.8 Å². The van der Waals surface area contributed by atoms with Gasteiger partial charge in [0, 0.05) is 0 Å². The van der Waals surface area contributed by atoms with Crippen LogP contribution in [0.4, 0.5) is 0 Å². The second kappa shape index (κ2) is 4.16. The van der Waals surface area contributed by atoms with E-state index in [1.54, 1.807) is 6.61 Å². The Kier molecular flexibility index (Phi) is 4.29. The van der Waals surface area contributed by atoms with Crippen molar-refractivity contribution in [1.82, 2.24) is 0 Å². The van der Waals surface area contributed by atoms with Gasteiger partial charge < -0.3 is 4.74 Å². The maximum absolute atomic E-state index is 5.66. The molecule has 2 heteroatoms. The molecule has 2 atom stereocenters. The zero-order valence-corrected chi connectivity index (χ0v) is 6.27. The summed E-state index contributed by atoms with van der Waals surface area (Å²) in [7, 11) is 0. The molecule has 0 aromatic rings. The second-order valence-electron chi connectivity index (χ2n) is 1.75. The summed E-state index contributed by atoms with van der Waals surface area (Å²) in [6, 6.07) is 0. The lowest BCUT2D eigenvalue weighted by molar-refractivity contribution is 0.124. The Morgan fingerprint density at radius 1 is 1.50 bits per heavy atom. The van der Waals surface area contributed by atoms with E-state index in [0.29, 0.717) is 0 Å². The van der Waals surface area contributed by atoms with Crippen molar-refractivity contribution in [3.8, 4) is 0 Å². The number of hydrogen-bond acceptors (Lipinski definition) is 1. The Balaban J connectivity index is 3.17. The molecule has 0 N–H and O–H groups in total. The van der Waals surface area contributed by atoms with Gasteiger partial charge in [-0.3, -0.25) is 0 Å². The van der Waals surface area contributed by atoms with Crippen LogP contribution in [-0.2, 0) is 4.74 Å². The molecule has 0 bridgehead atoms. The highest BCUT2D eigenvalue weighted by atomic mass is 35.5. The van der Waals surface area contributed by atoms with Gasteiger partial charge in [-0.25, -0.2) is 0 Å². The van der Waals surface area contributed by atoms with Gasteiger partial charge in [-0.2, -0.15) is 0 Å². The fourth-order valence-corrected chi connectivity index (χ4v) is 0.382. The molecule has 0 amide bonds. The number of ether oxygens (including phenoxy) is 1. The molecule has 0 aromatic heterocycles. The van der Waals surface area contributed by atoms with Crippen molar-refractivity contribution >= 4 is 11.6 Å². The summed E-state index contributed by atoms with van der Waals surface area (Å²) in [4.78, 5) is 0. The van der Waals surface area contributed by atoms with E-state index in [1.807, 2.05) is 20.8 Å². The average molecular weight is 136 g/mol.